The molecule has 1 aromatic carbocycles. The summed E-state index contributed by atoms with van der Waals surface area (Å²) in [5.41, 5.74) is 0.822. The average molecular weight is 294 g/mol. The van der Waals surface area contributed by atoms with Gasteiger partial charge in [0, 0.05) is 25.1 Å². The molecule has 0 bridgehead atoms. The fourth-order valence-electron chi connectivity index (χ4n) is 2.11. The summed E-state index contributed by atoms with van der Waals surface area (Å²) in [7, 11) is 1.68. The van der Waals surface area contributed by atoms with Crippen molar-refractivity contribution < 1.29 is 14.7 Å². The Morgan fingerprint density at radius 3 is 2.85 bits per heavy atom. The average Bonchev–Trinajstić information content (AvgIpc) is 2.45. The maximum Gasteiger partial charge on any atom is 0.252 e. The number of amides is 2. The van der Waals surface area contributed by atoms with Crippen LogP contribution in [0.2, 0.25) is 0 Å². The van der Waals surface area contributed by atoms with E-state index in [-0.39, 0.29) is 18.4 Å². The van der Waals surface area contributed by atoms with Crippen LogP contribution in [0.15, 0.2) is 29.2 Å². The number of hydrogen-bond donors (Lipinski definition) is 2. The van der Waals surface area contributed by atoms with Crippen molar-refractivity contribution in [3.63, 3.8) is 0 Å². The fourth-order valence-corrected chi connectivity index (χ4v) is 3.39. The number of hydrogen-bond acceptors (Lipinski definition) is 4. The molecule has 0 aromatic heterocycles. The van der Waals surface area contributed by atoms with Crippen molar-refractivity contribution in [1.82, 2.24) is 5.32 Å². The Morgan fingerprint density at radius 1 is 1.45 bits per heavy atom. The normalized spacial score (nSPS) is 21.6. The molecular weight excluding hydrogens is 276 g/mol. The van der Waals surface area contributed by atoms with Gasteiger partial charge in [-0.1, -0.05) is 23.9 Å². The van der Waals surface area contributed by atoms with Gasteiger partial charge in [-0.2, -0.15) is 0 Å². The molecule has 1 aliphatic rings. The minimum atomic E-state index is -1.17. The van der Waals surface area contributed by atoms with Gasteiger partial charge < -0.3 is 15.3 Å². The van der Waals surface area contributed by atoms with Crippen molar-refractivity contribution in [1.29, 1.82) is 0 Å². The molecule has 1 unspecified atom stereocenters. The van der Waals surface area contributed by atoms with Gasteiger partial charge in [0.15, 0.2) is 4.75 Å². The van der Waals surface area contributed by atoms with Gasteiger partial charge in [0.1, 0.15) is 0 Å². The van der Waals surface area contributed by atoms with Gasteiger partial charge in [-0.15, -0.1) is 0 Å². The summed E-state index contributed by atoms with van der Waals surface area (Å²) >= 11 is 1.27. The number of benzene rings is 1. The van der Waals surface area contributed by atoms with Crippen LogP contribution in [0.5, 0.6) is 0 Å². The number of anilines is 1. The monoisotopic (exact) mass is 294 g/mol. The lowest BCUT2D eigenvalue weighted by Gasteiger charge is -2.36. The first-order chi connectivity index (χ1) is 9.50. The van der Waals surface area contributed by atoms with E-state index in [1.807, 2.05) is 24.3 Å². The predicted molar refractivity (Wildman–Crippen MR) is 78.8 cm³/mol. The molecule has 108 valence electrons. The molecular formula is C14H18N2O3S. The van der Waals surface area contributed by atoms with Gasteiger partial charge in [-0.3, -0.25) is 9.59 Å². The lowest BCUT2D eigenvalue weighted by atomic mass is 10.1. The van der Waals surface area contributed by atoms with E-state index in [1.54, 1.807) is 14.0 Å². The molecule has 1 aromatic rings. The quantitative estimate of drug-likeness (QED) is 0.642. The van der Waals surface area contributed by atoms with Gasteiger partial charge >= 0.3 is 0 Å². The Morgan fingerprint density at radius 2 is 2.15 bits per heavy atom. The highest BCUT2D eigenvalue weighted by molar-refractivity contribution is 8.02. The zero-order valence-electron chi connectivity index (χ0n) is 11.5. The van der Waals surface area contributed by atoms with Crippen LogP contribution in [-0.4, -0.2) is 41.9 Å². The molecule has 0 aliphatic carbocycles. The third-order valence-corrected chi connectivity index (χ3v) is 4.64. The number of aliphatic hydroxyl groups is 1. The number of para-hydroxylation sites is 1. The van der Waals surface area contributed by atoms with Crippen molar-refractivity contribution in [2.45, 2.75) is 23.0 Å². The van der Waals surface area contributed by atoms with Gasteiger partial charge in [0.25, 0.3) is 5.91 Å². The summed E-state index contributed by atoms with van der Waals surface area (Å²) in [5.74, 6) is -0.551. The number of carbonyl (C=O) groups is 2. The molecule has 20 heavy (non-hydrogen) atoms. The zero-order valence-corrected chi connectivity index (χ0v) is 12.4. The minimum Gasteiger partial charge on any atom is -0.396 e. The highest BCUT2D eigenvalue weighted by atomic mass is 32.2. The first-order valence-electron chi connectivity index (χ1n) is 6.46. The Labute approximate surface area is 122 Å². The molecule has 6 heteroatoms. The highest BCUT2D eigenvalue weighted by Crippen LogP contribution is 2.44. The van der Waals surface area contributed by atoms with Crippen molar-refractivity contribution in [3.05, 3.63) is 24.3 Å². The summed E-state index contributed by atoms with van der Waals surface area (Å²) in [5, 5.41) is 11.5. The minimum absolute atomic E-state index is 0.0147. The Bertz CT molecular complexity index is 535. The Hall–Kier alpha value is -1.53. The van der Waals surface area contributed by atoms with Crippen molar-refractivity contribution in [2.24, 2.45) is 0 Å². The first-order valence-corrected chi connectivity index (χ1v) is 7.27. The summed E-state index contributed by atoms with van der Waals surface area (Å²) < 4.78 is -1.17. The van der Waals surface area contributed by atoms with Crippen LogP contribution in [0.3, 0.4) is 0 Å². The van der Waals surface area contributed by atoms with Gasteiger partial charge in [0.05, 0.1) is 5.69 Å². The van der Waals surface area contributed by atoms with Gasteiger partial charge in [-0.25, -0.2) is 0 Å². The molecule has 2 rings (SSSR count). The van der Waals surface area contributed by atoms with E-state index in [1.165, 1.54) is 16.7 Å². The second kappa shape index (κ2) is 5.85. The summed E-state index contributed by atoms with van der Waals surface area (Å²) in [4.78, 5) is 27.2. The first kappa shape index (κ1) is 14.9. The molecule has 0 fully saturated rings. The lowest BCUT2D eigenvalue weighted by molar-refractivity contribution is -0.131. The molecule has 2 amide bonds. The number of nitrogens with zero attached hydrogens (tertiary/aromatic N) is 1. The van der Waals surface area contributed by atoms with Crippen LogP contribution in [-0.2, 0) is 9.59 Å². The molecule has 0 saturated carbocycles. The van der Waals surface area contributed by atoms with E-state index < -0.39 is 4.75 Å². The standard InChI is InChI=1S/C14H18N2O3S/c1-14(12(18)15-8-5-9-17)13(19)16(2)10-6-3-4-7-11(10)20-14/h3-4,6-7,17H,5,8-9H2,1-2H3,(H,15,18). The van der Waals surface area contributed by atoms with E-state index in [0.29, 0.717) is 13.0 Å². The number of fused-ring (bicyclic) bond motifs is 1. The van der Waals surface area contributed by atoms with Crippen LogP contribution >= 0.6 is 11.8 Å². The second-order valence-corrected chi connectivity index (χ2v) is 6.26. The molecule has 1 atom stereocenters. The zero-order chi connectivity index (χ0) is 14.8. The molecule has 0 saturated heterocycles. The molecule has 1 aliphatic heterocycles. The smallest absolute Gasteiger partial charge is 0.252 e. The molecule has 0 radical (unpaired) electrons. The predicted octanol–water partition coefficient (Wildman–Crippen LogP) is 1.01. The Kier molecular flexibility index (Phi) is 4.35. The highest BCUT2D eigenvalue weighted by Gasteiger charge is 2.47. The number of nitrogens with one attached hydrogen (secondary N) is 1. The van der Waals surface area contributed by atoms with Crippen LogP contribution in [0, 0.1) is 0 Å². The number of aliphatic hydroxyl groups excluding tert-OH is 1. The van der Waals surface area contributed by atoms with E-state index in [9.17, 15) is 9.59 Å². The summed E-state index contributed by atoms with van der Waals surface area (Å²) in [6, 6.07) is 7.53. The molecule has 1 heterocycles. The second-order valence-electron chi connectivity index (χ2n) is 4.80. The number of carbonyl (C=O) groups excluding carboxylic acids is 2. The van der Waals surface area contributed by atoms with E-state index in [4.69, 9.17) is 5.11 Å². The van der Waals surface area contributed by atoms with E-state index in [2.05, 4.69) is 5.32 Å². The van der Waals surface area contributed by atoms with Gasteiger partial charge in [0.2, 0.25) is 5.91 Å². The summed E-state index contributed by atoms with van der Waals surface area (Å²) in [6.07, 6.45) is 0.479. The number of thioether (sulfide) groups is 1. The lowest BCUT2D eigenvalue weighted by Crippen LogP contribution is -2.55. The van der Waals surface area contributed by atoms with Crippen molar-refractivity contribution >= 4 is 29.3 Å². The third-order valence-electron chi connectivity index (χ3n) is 3.31. The van der Waals surface area contributed by atoms with Gasteiger partial charge in [-0.05, 0) is 25.5 Å². The van der Waals surface area contributed by atoms with Crippen molar-refractivity contribution in [2.75, 3.05) is 25.1 Å². The van der Waals surface area contributed by atoms with Crippen LogP contribution in [0.25, 0.3) is 0 Å². The van der Waals surface area contributed by atoms with Crippen LogP contribution < -0.4 is 10.2 Å². The SMILES string of the molecule is CN1C(=O)C(C)(C(=O)NCCCO)Sc2ccccc21. The van der Waals surface area contributed by atoms with E-state index in [0.717, 1.165) is 10.6 Å². The van der Waals surface area contributed by atoms with E-state index >= 15 is 0 Å². The molecule has 0 spiro atoms. The van der Waals surface area contributed by atoms with Crippen LogP contribution in [0.1, 0.15) is 13.3 Å². The topological polar surface area (TPSA) is 69.6 Å². The Balaban J connectivity index is 2.24. The summed E-state index contributed by atoms with van der Waals surface area (Å²) in [6.45, 7) is 2.02. The third kappa shape index (κ3) is 2.53. The molecule has 2 N–H and O–H groups in total. The van der Waals surface area contributed by atoms with Crippen molar-refractivity contribution in [3.8, 4) is 0 Å². The number of rotatable bonds is 4. The van der Waals surface area contributed by atoms with Crippen LogP contribution in [0.4, 0.5) is 5.69 Å². The largest absolute Gasteiger partial charge is 0.396 e. The fraction of sp³-hybridized carbons (Fsp3) is 0.429. The molecule has 5 nitrogen and oxygen atoms in total. The maximum atomic E-state index is 12.5. The maximum absolute atomic E-state index is 12.5.